The molecule has 3 heterocycles. The van der Waals surface area contributed by atoms with E-state index in [4.69, 9.17) is 0 Å². The molecule has 26 heavy (non-hydrogen) atoms. The fraction of sp³-hybridized carbons (Fsp3) is 0.632. The summed E-state index contributed by atoms with van der Waals surface area (Å²) in [5.41, 5.74) is 2.72. The van der Waals surface area contributed by atoms with E-state index in [0.29, 0.717) is 17.5 Å². The van der Waals surface area contributed by atoms with Crippen LogP contribution in [-0.4, -0.2) is 61.9 Å². The summed E-state index contributed by atoms with van der Waals surface area (Å²) in [6.07, 6.45) is 8.19. The highest BCUT2D eigenvalue weighted by Crippen LogP contribution is 2.36. The summed E-state index contributed by atoms with van der Waals surface area (Å²) in [6.45, 7) is 6.95. The van der Waals surface area contributed by atoms with Gasteiger partial charge in [-0.25, -0.2) is 0 Å². The van der Waals surface area contributed by atoms with Gasteiger partial charge in [0.1, 0.15) is 0 Å². The molecule has 0 radical (unpaired) electrons. The second-order valence-corrected chi connectivity index (χ2v) is 7.41. The first-order valence-electron chi connectivity index (χ1n) is 9.39. The Morgan fingerprint density at radius 2 is 2.08 bits per heavy atom. The number of carbonyl (C=O) groups excluding carboxylic acids is 1. The molecular formula is C19H30N6O. The zero-order chi connectivity index (χ0) is 18.8. The first-order chi connectivity index (χ1) is 12.4. The highest BCUT2D eigenvalue weighted by molar-refractivity contribution is 5.94. The molecule has 142 valence electrons. The maximum Gasteiger partial charge on any atom is 0.257 e. The van der Waals surface area contributed by atoms with Crippen LogP contribution in [0.4, 0.5) is 0 Å². The minimum Gasteiger partial charge on any atom is -0.341 e. The summed E-state index contributed by atoms with van der Waals surface area (Å²) >= 11 is 0. The second kappa shape index (κ2) is 7.61. The summed E-state index contributed by atoms with van der Waals surface area (Å²) in [5, 5.41) is 8.67. The standard InChI is InChI=1S/C19H30N6O/c1-6-25-9-7-8-15(18(25)16-10-20-23(4)12-16)11-22(3)19(26)17-13-24(5)21-14(17)2/h10,12-13,15,18H,6-9,11H2,1-5H3/t15-,18+/m0/s1. The first-order valence-corrected chi connectivity index (χ1v) is 9.39. The van der Waals surface area contributed by atoms with E-state index >= 15 is 0 Å². The molecule has 0 aliphatic carbocycles. The third-order valence-corrected chi connectivity index (χ3v) is 5.43. The molecule has 0 N–H and O–H groups in total. The van der Waals surface area contributed by atoms with Crippen LogP contribution in [0.3, 0.4) is 0 Å². The van der Waals surface area contributed by atoms with Crippen LogP contribution >= 0.6 is 0 Å². The minimum atomic E-state index is 0.0501. The number of carbonyl (C=O) groups is 1. The molecule has 7 nitrogen and oxygen atoms in total. The van der Waals surface area contributed by atoms with Crippen LogP contribution in [0.2, 0.25) is 0 Å². The van der Waals surface area contributed by atoms with Gasteiger partial charge in [0.15, 0.2) is 0 Å². The van der Waals surface area contributed by atoms with Gasteiger partial charge in [0.05, 0.1) is 17.5 Å². The SMILES string of the molecule is CCN1CCC[C@@H](CN(C)C(=O)c2cn(C)nc2C)[C@@H]1c1cnn(C)c1. The van der Waals surface area contributed by atoms with Crippen molar-refractivity contribution in [1.29, 1.82) is 0 Å². The molecule has 1 amide bonds. The predicted octanol–water partition coefficient (Wildman–Crippen LogP) is 2.01. The lowest BCUT2D eigenvalue weighted by atomic mass is 9.85. The van der Waals surface area contributed by atoms with Crippen LogP contribution in [0.5, 0.6) is 0 Å². The number of likely N-dealkylation sites (tertiary alicyclic amines) is 1. The number of amides is 1. The molecule has 1 aliphatic rings. The maximum atomic E-state index is 12.9. The molecule has 7 heteroatoms. The maximum absolute atomic E-state index is 12.9. The van der Waals surface area contributed by atoms with Gasteiger partial charge >= 0.3 is 0 Å². The Balaban J connectivity index is 1.79. The minimum absolute atomic E-state index is 0.0501. The molecular weight excluding hydrogens is 328 g/mol. The average molecular weight is 358 g/mol. The number of aryl methyl sites for hydroxylation is 3. The lowest BCUT2D eigenvalue weighted by molar-refractivity contribution is 0.0588. The number of hydrogen-bond acceptors (Lipinski definition) is 4. The summed E-state index contributed by atoms with van der Waals surface area (Å²) in [6, 6.07) is 0.313. The van der Waals surface area contributed by atoms with Crippen LogP contribution in [0, 0.1) is 12.8 Å². The van der Waals surface area contributed by atoms with E-state index in [1.54, 1.807) is 4.68 Å². The monoisotopic (exact) mass is 358 g/mol. The Labute approximate surface area is 155 Å². The molecule has 0 unspecified atom stereocenters. The molecule has 0 bridgehead atoms. The summed E-state index contributed by atoms with van der Waals surface area (Å²) in [4.78, 5) is 17.3. The number of aromatic nitrogens is 4. The van der Waals surface area contributed by atoms with E-state index in [1.165, 1.54) is 12.0 Å². The van der Waals surface area contributed by atoms with E-state index in [2.05, 4.69) is 28.2 Å². The Kier molecular flexibility index (Phi) is 5.46. The number of piperidine rings is 1. The van der Waals surface area contributed by atoms with Crippen molar-refractivity contribution in [1.82, 2.24) is 29.4 Å². The second-order valence-electron chi connectivity index (χ2n) is 7.41. The summed E-state index contributed by atoms with van der Waals surface area (Å²) in [7, 11) is 5.71. The Hall–Kier alpha value is -2.15. The molecule has 2 aromatic rings. The first kappa shape index (κ1) is 18.6. The topological polar surface area (TPSA) is 59.2 Å². The largest absolute Gasteiger partial charge is 0.341 e. The molecule has 0 saturated carbocycles. The van der Waals surface area contributed by atoms with Crippen LogP contribution in [-0.2, 0) is 14.1 Å². The van der Waals surface area contributed by atoms with Crippen molar-refractivity contribution in [2.75, 3.05) is 26.7 Å². The van der Waals surface area contributed by atoms with Crippen LogP contribution in [0.1, 0.15) is 47.4 Å². The van der Waals surface area contributed by atoms with E-state index in [9.17, 15) is 4.79 Å². The number of rotatable bonds is 5. The van der Waals surface area contributed by atoms with Gasteiger partial charge in [-0.3, -0.25) is 19.1 Å². The van der Waals surface area contributed by atoms with Crippen molar-refractivity contribution in [3.8, 4) is 0 Å². The van der Waals surface area contributed by atoms with Gasteiger partial charge in [0, 0.05) is 51.7 Å². The molecule has 3 rings (SSSR count). The molecule has 0 aromatic carbocycles. The van der Waals surface area contributed by atoms with E-state index in [0.717, 1.165) is 31.7 Å². The van der Waals surface area contributed by atoms with Crippen LogP contribution < -0.4 is 0 Å². The fourth-order valence-electron chi connectivity index (χ4n) is 4.22. The smallest absolute Gasteiger partial charge is 0.257 e. The molecule has 1 saturated heterocycles. The van der Waals surface area contributed by atoms with Crippen molar-refractivity contribution in [3.63, 3.8) is 0 Å². The van der Waals surface area contributed by atoms with Crippen molar-refractivity contribution in [2.45, 2.75) is 32.7 Å². The molecule has 2 aromatic heterocycles. The van der Waals surface area contributed by atoms with Gasteiger partial charge in [-0.2, -0.15) is 10.2 Å². The third-order valence-electron chi connectivity index (χ3n) is 5.43. The number of nitrogens with zero attached hydrogens (tertiary/aromatic N) is 6. The van der Waals surface area contributed by atoms with Crippen molar-refractivity contribution >= 4 is 5.91 Å². The Bertz CT molecular complexity index is 764. The van der Waals surface area contributed by atoms with Gasteiger partial charge in [0.2, 0.25) is 0 Å². The third kappa shape index (κ3) is 3.67. The normalized spacial score (nSPS) is 21.1. The molecule has 1 fully saturated rings. The van der Waals surface area contributed by atoms with Gasteiger partial charge < -0.3 is 4.90 Å². The van der Waals surface area contributed by atoms with Crippen molar-refractivity contribution < 1.29 is 4.79 Å². The molecule has 2 atom stereocenters. The quantitative estimate of drug-likeness (QED) is 0.820. The van der Waals surface area contributed by atoms with Gasteiger partial charge in [0.25, 0.3) is 5.91 Å². The van der Waals surface area contributed by atoms with Crippen LogP contribution in [0.25, 0.3) is 0 Å². The van der Waals surface area contributed by atoms with Gasteiger partial charge in [-0.1, -0.05) is 6.92 Å². The van der Waals surface area contributed by atoms with Crippen molar-refractivity contribution in [3.05, 3.63) is 35.4 Å². The number of hydrogen-bond donors (Lipinski definition) is 0. The summed E-state index contributed by atoms with van der Waals surface area (Å²) < 4.78 is 3.57. The van der Waals surface area contributed by atoms with Crippen molar-refractivity contribution in [2.24, 2.45) is 20.0 Å². The lowest BCUT2D eigenvalue weighted by Crippen LogP contribution is -2.44. The zero-order valence-corrected chi connectivity index (χ0v) is 16.5. The molecule has 1 aliphatic heterocycles. The lowest BCUT2D eigenvalue weighted by Gasteiger charge is -2.42. The highest BCUT2D eigenvalue weighted by Gasteiger charge is 2.34. The molecule has 0 spiro atoms. The average Bonchev–Trinajstić information content (AvgIpc) is 3.18. The van der Waals surface area contributed by atoms with Gasteiger partial charge in [-0.05, 0) is 38.8 Å². The Morgan fingerprint density at radius 1 is 1.31 bits per heavy atom. The highest BCUT2D eigenvalue weighted by atomic mass is 16.2. The summed E-state index contributed by atoms with van der Waals surface area (Å²) in [5.74, 6) is 0.452. The Morgan fingerprint density at radius 3 is 2.65 bits per heavy atom. The van der Waals surface area contributed by atoms with Crippen LogP contribution in [0.15, 0.2) is 18.6 Å². The van der Waals surface area contributed by atoms with E-state index < -0.39 is 0 Å². The zero-order valence-electron chi connectivity index (χ0n) is 16.5. The van der Waals surface area contributed by atoms with Gasteiger partial charge in [-0.15, -0.1) is 0 Å². The predicted molar refractivity (Wildman–Crippen MR) is 101 cm³/mol. The van der Waals surface area contributed by atoms with E-state index in [-0.39, 0.29) is 5.91 Å². The fourth-order valence-corrected chi connectivity index (χ4v) is 4.22. The van der Waals surface area contributed by atoms with E-state index in [1.807, 2.05) is 50.0 Å².